The quantitative estimate of drug-likeness (QED) is 0.637. The second-order valence-corrected chi connectivity index (χ2v) is 7.35. The first-order valence-electron chi connectivity index (χ1n) is 9.99. The van der Waals surface area contributed by atoms with Crippen molar-refractivity contribution in [3.05, 3.63) is 77.4 Å². The van der Waals surface area contributed by atoms with Gasteiger partial charge in [-0.15, -0.1) is 12.4 Å². The molecule has 2 aromatic carbocycles. The Labute approximate surface area is 179 Å². The van der Waals surface area contributed by atoms with Gasteiger partial charge in [-0.05, 0) is 48.6 Å². The van der Waals surface area contributed by atoms with Crippen molar-refractivity contribution in [2.45, 2.75) is 19.8 Å². The van der Waals surface area contributed by atoms with E-state index in [-0.39, 0.29) is 18.3 Å². The van der Waals surface area contributed by atoms with E-state index in [1.807, 2.05) is 6.07 Å². The van der Waals surface area contributed by atoms with Crippen LogP contribution >= 0.6 is 12.4 Å². The van der Waals surface area contributed by atoms with Crippen LogP contribution in [0.3, 0.4) is 0 Å². The molecule has 1 aliphatic rings. The Morgan fingerprint density at radius 2 is 1.90 bits per heavy atom. The number of carboxylic acid groups (broad SMARTS) is 1. The molecule has 1 saturated heterocycles. The smallest absolute Gasteiger partial charge is 0.307 e. The number of halogens is 1. The highest BCUT2D eigenvalue weighted by atomic mass is 35.5. The van der Waals surface area contributed by atoms with Gasteiger partial charge in [0.2, 0.25) is 0 Å². The van der Waals surface area contributed by atoms with Gasteiger partial charge in [-0.1, -0.05) is 60.7 Å². The maximum absolute atomic E-state index is 11.2. The van der Waals surface area contributed by atoms with Crippen LogP contribution < -0.4 is 0 Å². The maximum atomic E-state index is 11.2. The van der Waals surface area contributed by atoms with Crippen LogP contribution in [0.25, 0.3) is 5.57 Å². The number of aryl methyl sites for hydroxylation is 1. The van der Waals surface area contributed by atoms with Crippen molar-refractivity contribution in [2.24, 2.45) is 5.92 Å². The highest BCUT2D eigenvalue weighted by Gasteiger charge is 2.24. The lowest BCUT2D eigenvalue weighted by atomic mass is 9.94. The van der Waals surface area contributed by atoms with Crippen LogP contribution in [-0.4, -0.2) is 48.8 Å². The number of benzene rings is 2. The minimum Gasteiger partial charge on any atom is -0.481 e. The Bertz CT molecular complexity index is 807. The second kappa shape index (κ2) is 11.8. The zero-order chi connectivity index (χ0) is 19.8. The largest absolute Gasteiger partial charge is 0.481 e. The van der Waals surface area contributed by atoms with Gasteiger partial charge in [0, 0.05) is 13.1 Å². The standard InChI is InChI=1S/C24H29NO3.ClH/c1-19-8-5-6-12-22(19)23(20-9-3-2-4-10-20)13-16-28-17-15-25-14-7-11-21(18-25)24(26)27;/h2-6,8-10,12-13,21H,7,11,14-18H2,1H3,(H,26,27);1H. The first-order valence-corrected chi connectivity index (χ1v) is 9.99. The van der Waals surface area contributed by atoms with E-state index in [1.54, 1.807) is 0 Å². The minimum atomic E-state index is -0.681. The Morgan fingerprint density at radius 1 is 1.17 bits per heavy atom. The van der Waals surface area contributed by atoms with E-state index < -0.39 is 5.97 Å². The number of ether oxygens (including phenoxy) is 1. The number of likely N-dealkylation sites (tertiary alicyclic amines) is 1. The van der Waals surface area contributed by atoms with Gasteiger partial charge in [0.05, 0.1) is 19.1 Å². The van der Waals surface area contributed by atoms with E-state index in [9.17, 15) is 9.90 Å². The van der Waals surface area contributed by atoms with Gasteiger partial charge in [0.1, 0.15) is 0 Å². The van der Waals surface area contributed by atoms with Crippen LogP contribution in [0.4, 0.5) is 0 Å². The summed E-state index contributed by atoms with van der Waals surface area (Å²) in [4.78, 5) is 13.4. The molecule has 2 aromatic rings. The molecule has 1 fully saturated rings. The summed E-state index contributed by atoms with van der Waals surface area (Å²) < 4.78 is 5.88. The molecule has 0 aromatic heterocycles. The van der Waals surface area contributed by atoms with E-state index in [1.165, 1.54) is 22.3 Å². The van der Waals surface area contributed by atoms with Gasteiger partial charge in [0.15, 0.2) is 0 Å². The minimum absolute atomic E-state index is 0. The zero-order valence-electron chi connectivity index (χ0n) is 16.9. The number of aliphatic carboxylic acids is 1. The first-order chi connectivity index (χ1) is 13.6. The van der Waals surface area contributed by atoms with Crippen LogP contribution in [0.15, 0.2) is 60.7 Å². The Morgan fingerprint density at radius 3 is 2.62 bits per heavy atom. The fraction of sp³-hybridized carbons (Fsp3) is 0.375. The van der Waals surface area contributed by atoms with Crippen molar-refractivity contribution in [1.29, 1.82) is 0 Å². The molecule has 0 spiro atoms. The number of carboxylic acids is 1. The van der Waals surface area contributed by atoms with Crippen LogP contribution in [0.1, 0.15) is 29.5 Å². The predicted molar refractivity (Wildman–Crippen MR) is 120 cm³/mol. The number of hydrogen-bond donors (Lipinski definition) is 1. The highest BCUT2D eigenvalue weighted by molar-refractivity contribution is 5.85. The van der Waals surface area contributed by atoms with Crippen molar-refractivity contribution in [3.8, 4) is 0 Å². The molecule has 0 radical (unpaired) electrons. The third kappa shape index (κ3) is 6.70. The Hall–Kier alpha value is -2.14. The molecule has 1 aliphatic heterocycles. The molecule has 156 valence electrons. The number of piperidine rings is 1. The number of hydrogen-bond acceptors (Lipinski definition) is 3. The Balaban J connectivity index is 0.00000300. The molecule has 0 saturated carbocycles. The van der Waals surface area contributed by atoms with Gasteiger partial charge in [-0.25, -0.2) is 0 Å². The molecule has 5 heteroatoms. The van der Waals surface area contributed by atoms with E-state index in [4.69, 9.17) is 4.74 Å². The molecule has 3 rings (SSSR count). The second-order valence-electron chi connectivity index (χ2n) is 7.35. The van der Waals surface area contributed by atoms with E-state index >= 15 is 0 Å². The van der Waals surface area contributed by atoms with Gasteiger partial charge in [0.25, 0.3) is 0 Å². The lowest BCUT2D eigenvalue weighted by Gasteiger charge is -2.30. The summed E-state index contributed by atoms with van der Waals surface area (Å²) in [5, 5.41) is 9.20. The number of carbonyl (C=O) groups is 1. The van der Waals surface area contributed by atoms with Crippen molar-refractivity contribution in [3.63, 3.8) is 0 Å². The average molecular weight is 416 g/mol. The van der Waals surface area contributed by atoms with Crippen molar-refractivity contribution in [2.75, 3.05) is 32.8 Å². The van der Waals surface area contributed by atoms with Crippen molar-refractivity contribution >= 4 is 23.9 Å². The number of rotatable bonds is 8. The summed E-state index contributed by atoms with van der Waals surface area (Å²) in [5.74, 6) is -0.918. The fourth-order valence-corrected chi connectivity index (χ4v) is 3.76. The molecule has 1 atom stereocenters. The average Bonchev–Trinajstić information content (AvgIpc) is 2.72. The first kappa shape index (κ1) is 23.1. The van der Waals surface area contributed by atoms with Gasteiger partial charge >= 0.3 is 5.97 Å². The monoisotopic (exact) mass is 415 g/mol. The molecule has 0 bridgehead atoms. The van der Waals surface area contributed by atoms with Crippen LogP contribution in [-0.2, 0) is 9.53 Å². The SMILES string of the molecule is Cc1ccccc1C(=CCOCCN1CCCC(C(=O)O)C1)c1ccccc1.Cl. The van der Waals surface area contributed by atoms with E-state index in [0.29, 0.717) is 19.8 Å². The Kier molecular flexibility index (Phi) is 9.39. The maximum Gasteiger partial charge on any atom is 0.307 e. The van der Waals surface area contributed by atoms with Crippen molar-refractivity contribution < 1.29 is 14.6 Å². The zero-order valence-corrected chi connectivity index (χ0v) is 17.7. The topological polar surface area (TPSA) is 49.8 Å². The number of nitrogens with zero attached hydrogens (tertiary/aromatic N) is 1. The summed E-state index contributed by atoms with van der Waals surface area (Å²) in [5.41, 5.74) is 4.83. The third-order valence-electron chi connectivity index (χ3n) is 5.33. The molecule has 0 aliphatic carbocycles. The molecule has 4 nitrogen and oxygen atoms in total. The van der Waals surface area contributed by atoms with Gasteiger partial charge in [-0.2, -0.15) is 0 Å². The van der Waals surface area contributed by atoms with Gasteiger partial charge < -0.3 is 14.7 Å². The van der Waals surface area contributed by atoms with Crippen LogP contribution in [0.5, 0.6) is 0 Å². The summed E-state index contributed by atoms with van der Waals surface area (Å²) >= 11 is 0. The molecular formula is C24H30ClNO3. The van der Waals surface area contributed by atoms with Crippen molar-refractivity contribution in [1.82, 2.24) is 4.90 Å². The molecule has 1 unspecified atom stereocenters. The summed E-state index contributed by atoms with van der Waals surface area (Å²) in [6.45, 7) is 5.65. The van der Waals surface area contributed by atoms with E-state index in [0.717, 1.165) is 25.9 Å². The third-order valence-corrected chi connectivity index (χ3v) is 5.33. The predicted octanol–water partition coefficient (Wildman–Crippen LogP) is 4.66. The molecular weight excluding hydrogens is 386 g/mol. The summed E-state index contributed by atoms with van der Waals surface area (Å²) in [7, 11) is 0. The summed E-state index contributed by atoms with van der Waals surface area (Å²) in [6, 6.07) is 18.8. The van der Waals surface area contributed by atoms with Crippen LogP contribution in [0.2, 0.25) is 0 Å². The highest BCUT2D eigenvalue weighted by Crippen LogP contribution is 2.26. The summed E-state index contributed by atoms with van der Waals surface area (Å²) in [6.07, 6.45) is 3.88. The molecule has 0 amide bonds. The van der Waals surface area contributed by atoms with E-state index in [2.05, 4.69) is 66.4 Å². The van der Waals surface area contributed by atoms with Crippen LogP contribution in [0, 0.1) is 12.8 Å². The molecule has 1 N–H and O–H groups in total. The van der Waals surface area contributed by atoms with Gasteiger partial charge in [-0.3, -0.25) is 4.79 Å². The lowest BCUT2D eigenvalue weighted by molar-refractivity contribution is -0.143. The lowest BCUT2D eigenvalue weighted by Crippen LogP contribution is -2.40. The molecule has 1 heterocycles. The molecule has 29 heavy (non-hydrogen) atoms. The normalized spacial score (nSPS) is 17.6. The fourth-order valence-electron chi connectivity index (χ4n) is 3.76.